The summed E-state index contributed by atoms with van der Waals surface area (Å²) < 4.78 is 11.2. The number of carboxylic acids is 1. The fourth-order valence-electron chi connectivity index (χ4n) is 2.09. The molecule has 2 rings (SSSR count). The van der Waals surface area contributed by atoms with E-state index in [-0.39, 0.29) is 28.8 Å². The number of nitrogens with zero attached hydrogens (tertiary/aromatic N) is 1. The molecule has 2 aromatic rings. The van der Waals surface area contributed by atoms with Gasteiger partial charge in [0.15, 0.2) is 18.1 Å². The van der Waals surface area contributed by atoms with Crippen LogP contribution in [0.3, 0.4) is 0 Å². The third kappa shape index (κ3) is 6.58. The van der Waals surface area contributed by atoms with Crippen LogP contribution in [-0.4, -0.2) is 36.9 Å². The van der Waals surface area contributed by atoms with Crippen LogP contribution in [0.4, 0.5) is 0 Å². The number of carbonyl (C=O) groups is 2. The van der Waals surface area contributed by atoms with Gasteiger partial charge in [-0.15, -0.1) is 0 Å². The second-order valence-electron chi connectivity index (χ2n) is 5.31. The van der Waals surface area contributed by atoms with Gasteiger partial charge in [-0.25, -0.2) is 10.2 Å². The van der Waals surface area contributed by atoms with Gasteiger partial charge in [-0.3, -0.25) is 4.79 Å². The van der Waals surface area contributed by atoms with Crippen molar-refractivity contribution in [2.24, 2.45) is 5.10 Å². The van der Waals surface area contributed by atoms with Gasteiger partial charge in [0.1, 0.15) is 0 Å². The van der Waals surface area contributed by atoms with E-state index in [1.165, 1.54) is 19.4 Å². The van der Waals surface area contributed by atoms with Crippen LogP contribution in [0, 0.1) is 0 Å². The van der Waals surface area contributed by atoms with Crippen LogP contribution in [-0.2, 0) is 16.0 Å². The molecule has 0 saturated heterocycles. The summed E-state index contributed by atoms with van der Waals surface area (Å²) in [5, 5.41) is 12.8. The first-order valence-electron chi connectivity index (χ1n) is 7.67. The van der Waals surface area contributed by atoms with Crippen molar-refractivity contribution in [3.8, 4) is 11.5 Å². The van der Waals surface area contributed by atoms with Crippen LogP contribution in [0.15, 0.2) is 46.0 Å². The predicted molar refractivity (Wildman–Crippen MR) is 105 cm³/mol. The minimum absolute atomic E-state index is 0.123. The summed E-state index contributed by atoms with van der Waals surface area (Å²) in [7, 11) is 1.40. The van der Waals surface area contributed by atoms with E-state index in [1.807, 2.05) is 24.3 Å². The average molecular weight is 456 g/mol. The molecule has 0 fully saturated rings. The van der Waals surface area contributed by atoms with Gasteiger partial charge in [-0.2, -0.15) is 5.10 Å². The Bertz CT molecular complexity index is 856. The lowest BCUT2D eigenvalue weighted by Crippen LogP contribution is -2.19. The molecule has 9 heteroatoms. The highest BCUT2D eigenvalue weighted by Gasteiger charge is 2.13. The number of benzene rings is 2. The maximum Gasteiger partial charge on any atom is 0.341 e. The Labute approximate surface area is 169 Å². The van der Waals surface area contributed by atoms with Gasteiger partial charge in [-0.1, -0.05) is 39.7 Å². The van der Waals surface area contributed by atoms with Crippen LogP contribution < -0.4 is 14.9 Å². The number of amides is 1. The van der Waals surface area contributed by atoms with Gasteiger partial charge < -0.3 is 14.6 Å². The number of halogens is 2. The lowest BCUT2D eigenvalue weighted by Gasteiger charge is -2.11. The summed E-state index contributed by atoms with van der Waals surface area (Å²) in [4.78, 5) is 22.5. The Morgan fingerprint density at radius 1 is 1.30 bits per heavy atom. The van der Waals surface area contributed by atoms with Gasteiger partial charge in [0, 0.05) is 4.47 Å². The highest BCUT2D eigenvalue weighted by molar-refractivity contribution is 9.10. The molecule has 0 aromatic heterocycles. The lowest BCUT2D eigenvalue weighted by molar-refractivity contribution is -0.139. The summed E-state index contributed by atoms with van der Waals surface area (Å²) >= 11 is 9.44. The number of hydrogen-bond donors (Lipinski definition) is 2. The number of ether oxygens (including phenoxy) is 2. The van der Waals surface area contributed by atoms with Gasteiger partial charge in [0.2, 0.25) is 5.91 Å². The van der Waals surface area contributed by atoms with Crippen molar-refractivity contribution in [3.63, 3.8) is 0 Å². The zero-order chi connectivity index (χ0) is 19.8. The fraction of sp³-hybridized carbons (Fsp3) is 0.167. The summed E-state index contributed by atoms with van der Waals surface area (Å²) in [6.07, 6.45) is 1.59. The highest BCUT2D eigenvalue weighted by Crippen LogP contribution is 2.36. The molecule has 2 aromatic carbocycles. The SMILES string of the molecule is COc1cc(/C=N\NC(=O)Cc2ccc(Br)cc2)cc(Cl)c1OCC(=O)O. The molecule has 0 saturated carbocycles. The first-order valence-corrected chi connectivity index (χ1v) is 8.84. The molecule has 0 aliphatic carbocycles. The van der Waals surface area contributed by atoms with Gasteiger partial charge in [0.25, 0.3) is 0 Å². The third-order valence-corrected chi connectivity index (χ3v) is 4.08. The maximum atomic E-state index is 11.9. The second kappa shape index (κ2) is 9.94. The Balaban J connectivity index is 2.01. The van der Waals surface area contributed by atoms with E-state index in [4.69, 9.17) is 26.2 Å². The zero-order valence-corrected chi connectivity index (χ0v) is 16.6. The molecular formula is C18H16BrClN2O5. The monoisotopic (exact) mass is 454 g/mol. The normalized spacial score (nSPS) is 10.6. The van der Waals surface area contributed by atoms with E-state index in [9.17, 15) is 9.59 Å². The molecule has 7 nitrogen and oxygen atoms in total. The second-order valence-corrected chi connectivity index (χ2v) is 6.64. The molecule has 1 amide bonds. The van der Waals surface area contributed by atoms with Crippen LogP contribution in [0.5, 0.6) is 11.5 Å². The predicted octanol–water partition coefficient (Wildman–Crippen LogP) is 3.27. The van der Waals surface area contributed by atoms with Crippen molar-refractivity contribution < 1.29 is 24.2 Å². The molecule has 0 bridgehead atoms. The van der Waals surface area contributed by atoms with E-state index in [0.29, 0.717) is 5.56 Å². The Morgan fingerprint density at radius 3 is 2.63 bits per heavy atom. The minimum atomic E-state index is -1.13. The van der Waals surface area contributed by atoms with Crippen molar-refractivity contribution in [1.82, 2.24) is 5.43 Å². The lowest BCUT2D eigenvalue weighted by atomic mass is 10.1. The van der Waals surface area contributed by atoms with Crippen molar-refractivity contribution in [2.45, 2.75) is 6.42 Å². The number of nitrogens with one attached hydrogen (secondary N) is 1. The van der Waals surface area contributed by atoms with E-state index >= 15 is 0 Å². The minimum Gasteiger partial charge on any atom is -0.493 e. The Kier molecular flexibility index (Phi) is 7.63. The highest BCUT2D eigenvalue weighted by atomic mass is 79.9. The standard InChI is InChI=1S/C18H16BrClN2O5/c1-26-15-7-12(6-14(20)18(15)27-10-17(24)25)9-21-22-16(23)8-11-2-4-13(19)5-3-11/h2-7,9H,8,10H2,1H3,(H,22,23)(H,24,25)/b21-9-. The smallest absolute Gasteiger partial charge is 0.341 e. The van der Waals surface area contributed by atoms with Crippen LogP contribution >= 0.6 is 27.5 Å². The fourth-order valence-corrected chi connectivity index (χ4v) is 2.63. The number of hydrazone groups is 1. The topological polar surface area (TPSA) is 97.2 Å². The summed E-state index contributed by atoms with van der Waals surface area (Å²) in [6, 6.07) is 10.5. The van der Waals surface area contributed by atoms with Crippen molar-refractivity contribution >= 4 is 45.6 Å². The van der Waals surface area contributed by atoms with E-state index < -0.39 is 12.6 Å². The van der Waals surface area contributed by atoms with Crippen LogP contribution in [0.1, 0.15) is 11.1 Å². The summed E-state index contributed by atoms with van der Waals surface area (Å²) in [6.45, 7) is -0.546. The number of aliphatic carboxylic acids is 1. The molecule has 0 radical (unpaired) electrons. The maximum absolute atomic E-state index is 11.9. The Hall–Kier alpha value is -2.58. The van der Waals surface area contributed by atoms with Gasteiger partial charge in [-0.05, 0) is 35.4 Å². The number of hydrogen-bond acceptors (Lipinski definition) is 5. The first kappa shape index (κ1) is 20.7. The summed E-state index contributed by atoms with van der Waals surface area (Å²) in [5.74, 6) is -1.02. The van der Waals surface area contributed by atoms with Crippen molar-refractivity contribution in [1.29, 1.82) is 0 Å². The number of methoxy groups -OCH3 is 1. The van der Waals surface area contributed by atoms with Gasteiger partial charge >= 0.3 is 5.97 Å². The van der Waals surface area contributed by atoms with Crippen LogP contribution in [0.2, 0.25) is 5.02 Å². The third-order valence-electron chi connectivity index (χ3n) is 3.27. The molecule has 2 N–H and O–H groups in total. The number of carboxylic acid groups (broad SMARTS) is 1. The molecule has 0 heterocycles. The van der Waals surface area contributed by atoms with E-state index in [0.717, 1.165) is 10.0 Å². The zero-order valence-electron chi connectivity index (χ0n) is 14.2. The van der Waals surface area contributed by atoms with E-state index in [2.05, 4.69) is 26.5 Å². The quantitative estimate of drug-likeness (QED) is 0.470. The average Bonchev–Trinajstić information content (AvgIpc) is 2.62. The van der Waals surface area contributed by atoms with Crippen LogP contribution in [0.25, 0.3) is 0 Å². The molecule has 0 atom stereocenters. The summed E-state index contributed by atoms with van der Waals surface area (Å²) in [5.41, 5.74) is 3.83. The first-order chi connectivity index (χ1) is 12.9. The molecule has 0 unspecified atom stereocenters. The largest absolute Gasteiger partial charge is 0.493 e. The molecule has 27 heavy (non-hydrogen) atoms. The van der Waals surface area contributed by atoms with E-state index in [1.54, 1.807) is 6.07 Å². The number of carbonyl (C=O) groups excluding carboxylic acids is 1. The number of rotatable bonds is 8. The van der Waals surface area contributed by atoms with Gasteiger partial charge in [0.05, 0.1) is 24.8 Å². The Morgan fingerprint density at radius 2 is 2.00 bits per heavy atom. The van der Waals surface area contributed by atoms with Crippen molar-refractivity contribution in [2.75, 3.05) is 13.7 Å². The molecule has 142 valence electrons. The molecule has 0 aliphatic heterocycles. The molecular weight excluding hydrogens is 440 g/mol. The molecule has 0 spiro atoms. The van der Waals surface area contributed by atoms with Crippen molar-refractivity contribution in [3.05, 3.63) is 57.0 Å². The molecule has 0 aliphatic rings.